The number of rotatable bonds is 8. The fraction of sp³-hybridized carbons (Fsp3) is 0.333. The second-order valence-corrected chi connectivity index (χ2v) is 7.81. The first kappa shape index (κ1) is 22.1. The van der Waals surface area contributed by atoms with Crippen molar-refractivity contribution in [1.29, 1.82) is 0 Å². The number of nitrogens with one attached hydrogen (secondary N) is 1. The predicted octanol–water partition coefficient (Wildman–Crippen LogP) is 4.88. The van der Waals surface area contributed by atoms with Crippen LogP contribution in [0.25, 0.3) is 5.57 Å². The standard InChI is InChI=1S/C24H27ClN2O3/c1-5-30-13-7-12-27-23(28)21(18-11-10-15(2)16(3)14-18)22(24(27)29)26-20-9-6-8-19(25)17(20)4/h6,8-11,14,26H,5,7,12-13H2,1-4H3. The van der Waals surface area contributed by atoms with Crippen molar-refractivity contribution in [3.05, 3.63) is 69.4 Å². The third kappa shape index (κ3) is 4.42. The molecule has 0 aromatic heterocycles. The van der Waals surface area contributed by atoms with Crippen LogP contribution in [0.5, 0.6) is 0 Å². The molecule has 6 heteroatoms. The van der Waals surface area contributed by atoms with Crippen LogP contribution in [0.4, 0.5) is 5.69 Å². The van der Waals surface area contributed by atoms with Gasteiger partial charge < -0.3 is 10.1 Å². The zero-order chi connectivity index (χ0) is 21.8. The molecule has 1 N–H and O–H groups in total. The van der Waals surface area contributed by atoms with Gasteiger partial charge in [-0.25, -0.2) is 0 Å². The molecule has 0 bridgehead atoms. The van der Waals surface area contributed by atoms with Gasteiger partial charge >= 0.3 is 0 Å². The van der Waals surface area contributed by atoms with Gasteiger partial charge in [-0.1, -0.05) is 35.9 Å². The van der Waals surface area contributed by atoms with Gasteiger partial charge in [0.25, 0.3) is 11.8 Å². The maximum Gasteiger partial charge on any atom is 0.278 e. The van der Waals surface area contributed by atoms with Crippen LogP contribution < -0.4 is 5.32 Å². The van der Waals surface area contributed by atoms with Crippen molar-refractivity contribution in [2.45, 2.75) is 34.1 Å². The Morgan fingerprint density at radius 3 is 2.50 bits per heavy atom. The van der Waals surface area contributed by atoms with E-state index in [-0.39, 0.29) is 17.5 Å². The number of hydrogen-bond donors (Lipinski definition) is 1. The fourth-order valence-corrected chi connectivity index (χ4v) is 3.58. The minimum atomic E-state index is -0.330. The number of imide groups is 1. The van der Waals surface area contributed by atoms with E-state index in [2.05, 4.69) is 5.32 Å². The summed E-state index contributed by atoms with van der Waals surface area (Å²) >= 11 is 6.25. The number of ether oxygens (including phenoxy) is 1. The van der Waals surface area contributed by atoms with E-state index in [0.29, 0.717) is 42.5 Å². The lowest BCUT2D eigenvalue weighted by Crippen LogP contribution is -2.34. The largest absolute Gasteiger partial charge is 0.382 e. The molecule has 0 saturated carbocycles. The Morgan fingerprint density at radius 1 is 1.03 bits per heavy atom. The number of carbonyl (C=O) groups excluding carboxylic acids is 2. The second kappa shape index (κ2) is 9.45. The van der Waals surface area contributed by atoms with Crippen molar-refractivity contribution in [2.75, 3.05) is 25.1 Å². The monoisotopic (exact) mass is 426 g/mol. The van der Waals surface area contributed by atoms with Crippen LogP contribution in [0.1, 0.15) is 35.6 Å². The van der Waals surface area contributed by atoms with Crippen molar-refractivity contribution in [3.8, 4) is 0 Å². The van der Waals surface area contributed by atoms with Crippen LogP contribution in [0.3, 0.4) is 0 Å². The SMILES string of the molecule is CCOCCCN1C(=O)C(Nc2cccc(Cl)c2C)=C(c2ccc(C)c(C)c2)C1=O. The summed E-state index contributed by atoms with van der Waals surface area (Å²) in [7, 11) is 0. The van der Waals surface area contributed by atoms with Gasteiger partial charge in [-0.15, -0.1) is 0 Å². The molecule has 0 aliphatic carbocycles. The van der Waals surface area contributed by atoms with Gasteiger partial charge in [0.2, 0.25) is 0 Å². The lowest BCUT2D eigenvalue weighted by atomic mass is 9.99. The minimum Gasteiger partial charge on any atom is -0.382 e. The molecule has 2 aromatic rings. The molecule has 0 spiro atoms. The van der Waals surface area contributed by atoms with Crippen LogP contribution in [0.2, 0.25) is 5.02 Å². The quantitative estimate of drug-likeness (QED) is 0.482. The summed E-state index contributed by atoms with van der Waals surface area (Å²) in [5.74, 6) is -0.619. The highest BCUT2D eigenvalue weighted by atomic mass is 35.5. The van der Waals surface area contributed by atoms with Crippen molar-refractivity contribution in [1.82, 2.24) is 4.90 Å². The zero-order valence-corrected chi connectivity index (χ0v) is 18.6. The third-order valence-corrected chi connectivity index (χ3v) is 5.77. The smallest absolute Gasteiger partial charge is 0.278 e. The van der Waals surface area contributed by atoms with Crippen molar-refractivity contribution in [2.24, 2.45) is 0 Å². The second-order valence-electron chi connectivity index (χ2n) is 7.40. The maximum absolute atomic E-state index is 13.3. The van der Waals surface area contributed by atoms with Gasteiger partial charge in [-0.05, 0) is 68.5 Å². The summed E-state index contributed by atoms with van der Waals surface area (Å²) in [6.07, 6.45) is 0.592. The number of carbonyl (C=O) groups is 2. The van der Waals surface area contributed by atoms with E-state index in [1.54, 1.807) is 6.07 Å². The molecule has 1 aliphatic rings. The average Bonchev–Trinajstić information content (AvgIpc) is 2.95. The molecular formula is C24H27ClN2O3. The number of hydrogen-bond acceptors (Lipinski definition) is 4. The van der Waals surface area contributed by atoms with E-state index < -0.39 is 0 Å². The summed E-state index contributed by atoms with van der Waals surface area (Å²) < 4.78 is 5.36. The Hall–Kier alpha value is -2.63. The summed E-state index contributed by atoms with van der Waals surface area (Å²) in [5.41, 5.74) is 5.12. The third-order valence-electron chi connectivity index (χ3n) is 5.37. The summed E-state index contributed by atoms with van der Waals surface area (Å²) in [6.45, 7) is 9.23. The topological polar surface area (TPSA) is 58.6 Å². The Kier molecular flexibility index (Phi) is 6.95. The first-order chi connectivity index (χ1) is 14.3. The number of halogens is 1. The number of anilines is 1. The molecule has 1 aliphatic heterocycles. The highest BCUT2D eigenvalue weighted by Crippen LogP contribution is 2.33. The highest BCUT2D eigenvalue weighted by molar-refractivity contribution is 6.36. The summed E-state index contributed by atoms with van der Waals surface area (Å²) in [4.78, 5) is 27.8. The Morgan fingerprint density at radius 2 is 1.80 bits per heavy atom. The Labute approximate surface area is 182 Å². The first-order valence-electron chi connectivity index (χ1n) is 10.1. The lowest BCUT2D eigenvalue weighted by Gasteiger charge is -2.15. The highest BCUT2D eigenvalue weighted by Gasteiger charge is 2.39. The Bertz CT molecular complexity index is 1010. The van der Waals surface area contributed by atoms with Crippen LogP contribution in [0.15, 0.2) is 42.1 Å². The van der Waals surface area contributed by atoms with E-state index in [1.807, 2.05) is 58.0 Å². The van der Waals surface area contributed by atoms with Gasteiger partial charge in [0.05, 0.1) is 5.57 Å². The molecular weight excluding hydrogens is 400 g/mol. The van der Waals surface area contributed by atoms with Crippen LogP contribution in [-0.2, 0) is 14.3 Å². The molecule has 0 unspecified atom stereocenters. The molecule has 2 aromatic carbocycles. The van der Waals surface area contributed by atoms with E-state index in [1.165, 1.54) is 4.90 Å². The van der Waals surface area contributed by atoms with E-state index >= 15 is 0 Å². The molecule has 158 valence electrons. The average molecular weight is 427 g/mol. The van der Waals surface area contributed by atoms with Gasteiger partial charge in [-0.2, -0.15) is 0 Å². The fourth-order valence-electron chi connectivity index (χ4n) is 3.41. The lowest BCUT2D eigenvalue weighted by molar-refractivity contribution is -0.137. The van der Waals surface area contributed by atoms with Crippen LogP contribution in [-0.4, -0.2) is 36.5 Å². The van der Waals surface area contributed by atoms with Crippen molar-refractivity contribution >= 4 is 34.7 Å². The van der Waals surface area contributed by atoms with Crippen LogP contribution >= 0.6 is 11.6 Å². The van der Waals surface area contributed by atoms with E-state index in [0.717, 1.165) is 22.3 Å². The molecule has 0 saturated heterocycles. The van der Waals surface area contributed by atoms with Gasteiger partial charge in [-0.3, -0.25) is 14.5 Å². The molecule has 5 nitrogen and oxygen atoms in total. The normalized spacial score (nSPS) is 14.1. The minimum absolute atomic E-state index is 0.282. The maximum atomic E-state index is 13.3. The number of nitrogens with zero attached hydrogens (tertiary/aromatic N) is 1. The number of amides is 2. The summed E-state index contributed by atoms with van der Waals surface area (Å²) in [6, 6.07) is 11.3. The molecule has 30 heavy (non-hydrogen) atoms. The molecule has 2 amide bonds. The predicted molar refractivity (Wildman–Crippen MR) is 120 cm³/mol. The molecule has 0 atom stereocenters. The van der Waals surface area contributed by atoms with Crippen molar-refractivity contribution in [3.63, 3.8) is 0 Å². The first-order valence-corrected chi connectivity index (χ1v) is 10.5. The van der Waals surface area contributed by atoms with Crippen molar-refractivity contribution < 1.29 is 14.3 Å². The van der Waals surface area contributed by atoms with Gasteiger partial charge in [0.1, 0.15) is 5.70 Å². The van der Waals surface area contributed by atoms with Crippen LogP contribution in [0, 0.1) is 20.8 Å². The summed E-state index contributed by atoms with van der Waals surface area (Å²) in [5, 5.41) is 3.79. The van der Waals surface area contributed by atoms with Gasteiger partial charge in [0, 0.05) is 30.5 Å². The number of aryl methyl sites for hydroxylation is 2. The molecule has 3 rings (SSSR count). The van der Waals surface area contributed by atoms with E-state index in [4.69, 9.17) is 16.3 Å². The molecule has 1 heterocycles. The molecule has 0 radical (unpaired) electrons. The van der Waals surface area contributed by atoms with E-state index in [9.17, 15) is 9.59 Å². The zero-order valence-electron chi connectivity index (χ0n) is 17.8. The Balaban J connectivity index is 2.01. The van der Waals surface area contributed by atoms with Gasteiger partial charge in [0.15, 0.2) is 0 Å². The molecule has 0 fully saturated rings. The number of benzene rings is 2.